The Morgan fingerprint density at radius 1 is 1.12 bits per heavy atom. The number of rotatable bonds is 0. The molecule has 0 aliphatic heterocycles. The van der Waals surface area contributed by atoms with Crippen LogP contribution in [-0.2, 0) is 0 Å². The highest BCUT2D eigenvalue weighted by Crippen LogP contribution is 2.42. The number of hydrogen-bond acceptors (Lipinski definition) is 2. The fourth-order valence-corrected chi connectivity index (χ4v) is 1.33. The third kappa shape index (κ3) is 2.82. The molecule has 0 aromatic carbocycles. The van der Waals surface area contributed by atoms with Crippen LogP contribution in [0.25, 0.3) is 0 Å². The van der Waals surface area contributed by atoms with Gasteiger partial charge in [-0.3, -0.25) is 0 Å². The molecule has 0 heterocycles. The zero-order valence-electron chi connectivity index (χ0n) is 8.10. The molecule has 96 valence electrons. The van der Waals surface area contributed by atoms with Crippen LogP contribution >= 0.6 is 0 Å². The predicted octanol–water partition coefficient (Wildman–Crippen LogP) is 2.18. The van der Waals surface area contributed by atoms with Crippen LogP contribution in [0.1, 0.15) is 0 Å². The maximum Gasteiger partial charge on any atom is 0.421 e. The summed E-state index contributed by atoms with van der Waals surface area (Å²) < 4.78 is 73.9. The van der Waals surface area contributed by atoms with Crippen molar-refractivity contribution in [2.24, 2.45) is 5.73 Å². The highest BCUT2D eigenvalue weighted by Gasteiger charge is 2.53. The molecule has 0 aromatic rings. The number of aliphatic hydroxyl groups excluding tert-OH is 1. The van der Waals surface area contributed by atoms with Crippen molar-refractivity contribution in [2.45, 2.75) is 18.5 Å². The molecule has 2 nitrogen and oxygen atoms in total. The Kier molecular flexibility index (Phi) is 3.28. The first kappa shape index (κ1) is 13.6. The second kappa shape index (κ2) is 4.10. The third-order valence-electron chi connectivity index (χ3n) is 2.03. The molecule has 0 saturated heterocycles. The van der Waals surface area contributed by atoms with E-state index in [-0.39, 0.29) is 0 Å². The molecule has 0 fully saturated rings. The van der Waals surface area contributed by atoms with Gasteiger partial charge in [-0.05, 0) is 6.08 Å². The molecule has 0 spiro atoms. The fourth-order valence-electron chi connectivity index (χ4n) is 1.33. The number of hydrogen-bond donors (Lipinski definition) is 2. The lowest BCUT2D eigenvalue weighted by atomic mass is 9.95. The predicted molar refractivity (Wildman–Crippen MR) is 46.6 cm³/mol. The van der Waals surface area contributed by atoms with Crippen molar-refractivity contribution in [2.75, 3.05) is 0 Å². The maximum atomic E-state index is 12.3. The van der Waals surface area contributed by atoms with Crippen LogP contribution in [-0.4, -0.2) is 23.6 Å². The minimum atomic E-state index is -5.61. The Bertz CT molecular complexity index is 385. The summed E-state index contributed by atoms with van der Waals surface area (Å²) in [6, 6.07) is 0. The summed E-state index contributed by atoms with van der Waals surface area (Å²) in [6.45, 7) is 0. The fraction of sp³-hybridized carbons (Fsp3) is 0.333. The quantitative estimate of drug-likeness (QED) is 0.655. The van der Waals surface area contributed by atoms with Crippen LogP contribution in [0.3, 0.4) is 0 Å². The molecule has 0 radical (unpaired) electrons. The SMILES string of the molecule is NC1=CC=CC(=C(C(F)(F)F)C(F)(F)F)C1O. The number of nitrogens with two attached hydrogens (primary N) is 1. The van der Waals surface area contributed by atoms with Gasteiger partial charge in [-0.1, -0.05) is 12.2 Å². The molecule has 3 N–H and O–H groups in total. The summed E-state index contributed by atoms with van der Waals surface area (Å²) in [5, 5.41) is 9.23. The standard InChI is InChI=1S/C9H7F6NO/c10-8(11,12)7(9(13,14)15)4-2-1-3-5(16)6(4)17/h1-3,6,17H,16H2. The molecule has 0 saturated carbocycles. The molecule has 1 unspecified atom stereocenters. The third-order valence-corrected chi connectivity index (χ3v) is 2.03. The summed E-state index contributed by atoms with van der Waals surface area (Å²) in [4.78, 5) is 0. The summed E-state index contributed by atoms with van der Waals surface area (Å²) in [7, 11) is 0. The zero-order chi connectivity index (χ0) is 13.4. The summed E-state index contributed by atoms with van der Waals surface area (Å²) in [5.74, 6) is 0. The van der Waals surface area contributed by atoms with Gasteiger partial charge in [0.15, 0.2) is 0 Å². The topological polar surface area (TPSA) is 46.2 Å². The van der Waals surface area contributed by atoms with Crippen molar-refractivity contribution in [3.63, 3.8) is 0 Å². The van der Waals surface area contributed by atoms with Crippen molar-refractivity contribution in [1.29, 1.82) is 0 Å². The van der Waals surface area contributed by atoms with Crippen LogP contribution in [0.4, 0.5) is 26.3 Å². The van der Waals surface area contributed by atoms with Gasteiger partial charge in [-0.15, -0.1) is 0 Å². The van der Waals surface area contributed by atoms with Crippen molar-refractivity contribution >= 4 is 0 Å². The van der Waals surface area contributed by atoms with Gasteiger partial charge in [0.2, 0.25) is 0 Å². The van der Waals surface area contributed by atoms with Crippen LogP contribution < -0.4 is 5.73 Å². The molecule has 0 aromatic heterocycles. The summed E-state index contributed by atoms with van der Waals surface area (Å²) >= 11 is 0. The summed E-state index contributed by atoms with van der Waals surface area (Å²) in [6.07, 6.45) is -10.9. The van der Waals surface area contributed by atoms with E-state index in [1.807, 2.05) is 0 Å². The van der Waals surface area contributed by atoms with Crippen LogP contribution in [0.5, 0.6) is 0 Å². The average molecular weight is 259 g/mol. The van der Waals surface area contributed by atoms with Crippen molar-refractivity contribution < 1.29 is 31.4 Å². The van der Waals surface area contributed by atoms with Crippen molar-refractivity contribution in [1.82, 2.24) is 0 Å². The van der Waals surface area contributed by atoms with E-state index >= 15 is 0 Å². The Hall–Kier alpha value is -1.44. The van der Waals surface area contributed by atoms with E-state index < -0.39 is 35.3 Å². The normalized spacial score (nSPS) is 21.5. The lowest BCUT2D eigenvalue weighted by Crippen LogP contribution is -2.33. The minimum absolute atomic E-state index is 0.478. The first-order valence-electron chi connectivity index (χ1n) is 4.25. The van der Waals surface area contributed by atoms with E-state index in [4.69, 9.17) is 5.73 Å². The summed E-state index contributed by atoms with van der Waals surface area (Å²) in [5.41, 5.74) is 0.559. The lowest BCUT2D eigenvalue weighted by molar-refractivity contribution is -0.173. The Morgan fingerprint density at radius 3 is 2.00 bits per heavy atom. The number of alkyl halides is 6. The first-order valence-corrected chi connectivity index (χ1v) is 4.25. The van der Waals surface area contributed by atoms with Crippen LogP contribution in [0.2, 0.25) is 0 Å². The van der Waals surface area contributed by atoms with Crippen LogP contribution in [0.15, 0.2) is 35.1 Å². The molecular weight excluding hydrogens is 252 g/mol. The van der Waals surface area contributed by atoms with E-state index in [0.717, 1.165) is 12.2 Å². The number of allylic oxidation sites excluding steroid dienone is 3. The van der Waals surface area contributed by atoms with Gasteiger partial charge in [0.25, 0.3) is 0 Å². The highest BCUT2D eigenvalue weighted by atomic mass is 19.4. The Balaban J connectivity index is 3.42. The molecular formula is C9H7F6NO. The van der Waals surface area contributed by atoms with E-state index in [9.17, 15) is 31.4 Å². The Morgan fingerprint density at radius 2 is 1.59 bits per heavy atom. The molecule has 0 amide bonds. The van der Waals surface area contributed by atoms with E-state index in [2.05, 4.69) is 0 Å². The van der Waals surface area contributed by atoms with E-state index in [1.165, 1.54) is 0 Å². The van der Waals surface area contributed by atoms with E-state index in [1.54, 1.807) is 0 Å². The highest BCUT2D eigenvalue weighted by molar-refractivity contribution is 5.44. The van der Waals surface area contributed by atoms with Gasteiger partial charge in [0.05, 0.1) is 0 Å². The number of halogens is 6. The monoisotopic (exact) mass is 259 g/mol. The van der Waals surface area contributed by atoms with Gasteiger partial charge >= 0.3 is 12.4 Å². The molecule has 0 bridgehead atoms. The van der Waals surface area contributed by atoms with Gasteiger partial charge in [0, 0.05) is 11.3 Å². The minimum Gasteiger partial charge on any atom is -0.400 e. The number of aliphatic hydroxyl groups is 1. The largest absolute Gasteiger partial charge is 0.421 e. The molecule has 1 atom stereocenters. The van der Waals surface area contributed by atoms with Gasteiger partial charge < -0.3 is 10.8 Å². The molecule has 1 aliphatic carbocycles. The second-order valence-corrected chi connectivity index (χ2v) is 3.25. The molecule has 17 heavy (non-hydrogen) atoms. The van der Waals surface area contributed by atoms with Crippen molar-refractivity contribution in [3.05, 3.63) is 35.1 Å². The van der Waals surface area contributed by atoms with Gasteiger partial charge in [-0.25, -0.2) is 0 Å². The molecule has 1 rings (SSSR count). The Labute approximate surface area is 91.7 Å². The maximum absolute atomic E-state index is 12.3. The zero-order valence-corrected chi connectivity index (χ0v) is 8.10. The first-order chi connectivity index (χ1) is 7.55. The van der Waals surface area contributed by atoms with Crippen LogP contribution in [0, 0.1) is 0 Å². The smallest absolute Gasteiger partial charge is 0.400 e. The second-order valence-electron chi connectivity index (χ2n) is 3.25. The molecule has 1 aliphatic rings. The van der Waals surface area contributed by atoms with E-state index in [0.29, 0.717) is 6.08 Å². The van der Waals surface area contributed by atoms with Gasteiger partial charge in [0.1, 0.15) is 11.7 Å². The molecule has 8 heteroatoms. The average Bonchev–Trinajstić information content (AvgIpc) is 2.08. The lowest BCUT2D eigenvalue weighted by Gasteiger charge is -2.23. The van der Waals surface area contributed by atoms with Gasteiger partial charge in [-0.2, -0.15) is 26.3 Å². The van der Waals surface area contributed by atoms with Crippen molar-refractivity contribution in [3.8, 4) is 0 Å².